The van der Waals surface area contributed by atoms with Crippen LogP contribution in [0.25, 0.3) is 0 Å². The summed E-state index contributed by atoms with van der Waals surface area (Å²) in [6.45, 7) is 13.1. The molecule has 2 aliphatic carbocycles. The van der Waals surface area contributed by atoms with Crippen molar-refractivity contribution in [1.82, 2.24) is 0 Å². The highest BCUT2D eigenvalue weighted by Gasteiger charge is 2.35. The Bertz CT molecular complexity index is 1020. The van der Waals surface area contributed by atoms with Crippen molar-refractivity contribution in [1.29, 1.82) is 0 Å². The first-order valence-corrected chi connectivity index (χ1v) is 15.0. The van der Waals surface area contributed by atoms with Crippen LogP contribution in [0, 0.1) is 35.5 Å². The lowest BCUT2D eigenvalue weighted by atomic mass is 9.75. The first-order valence-electron chi connectivity index (χ1n) is 15.0. The summed E-state index contributed by atoms with van der Waals surface area (Å²) in [4.78, 5) is 24.5. The summed E-state index contributed by atoms with van der Waals surface area (Å²) in [7, 11) is 0. The van der Waals surface area contributed by atoms with E-state index in [0.29, 0.717) is 35.5 Å². The van der Waals surface area contributed by atoms with Crippen LogP contribution in [0.1, 0.15) is 101 Å². The summed E-state index contributed by atoms with van der Waals surface area (Å²) in [6, 6.07) is 13.1. The molecule has 2 aliphatic rings. The molecule has 0 radical (unpaired) electrons. The Balaban J connectivity index is 0.000000220. The average Bonchev–Trinajstić information content (AvgIpc) is 2.89. The summed E-state index contributed by atoms with van der Waals surface area (Å²) in [5, 5.41) is 19.5. The number of ether oxygens (including phenoxy) is 2. The standard InChI is InChI=1S/2C17H24O3/c2*1-11(2)13-9-8-12(3)10-16(13)20-17(19)14-6-4-5-7-15(14)18/h2*4-7,11-13,16,18H,8-10H2,1-3H3/t2*12-,13+,16-/m11/s1. The van der Waals surface area contributed by atoms with Crippen LogP contribution < -0.4 is 0 Å². The molecule has 2 fully saturated rings. The first kappa shape index (κ1) is 31.5. The van der Waals surface area contributed by atoms with Crippen LogP contribution in [0.15, 0.2) is 48.5 Å². The molecular formula is C34H48O6. The van der Waals surface area contributed by atoms with Gasteiger partial charge in [0.1, 0.15) is 34.8 Å². The second kappa shape index (κ2) is 14.6. The van der Waals surface area contributed by atoms with Crippen LogP contribution >= 0.6 is 0 Å². The van der Waals surface area contributed by atoms with Gasteiger partial charge in [-0.15, -0.1) is 0 Å². The molecule has 0 saturated heterocycles. The van der Waals surface area contributed by atoms with Gasteiger partial charge in [0.15, 0.2) is 0 Å². The van der Waals surface area contributed by atoms with Gasteiger partial charge < -0.3 is 19.7 Å². The fourth-order valence-electron chi connectivity index (χ4n) is 6.19. The van der Waals surface area contributed by atoms with E-state index in [4.69, 9.17) is 9.47 Å². The summed E-state index contributed by atoms with van der Waals surface area (Å²) < 4.78 is 11.4. The molecule has 2 saturated carbocycles. The molecule has 0 spiro atoms. The van der Waals surface area contributed by atoms with Crippen molar-refractivity contribution < 1.29 is 29.3 Å². The van der Waals surface area contributed by atoms with E-state index >= 15 is 0 Å². The molecule has 2 aromatic carbocycles. The smallest absolute Gasteiger partial charge is 0.342 e. The molecule has 0 aliphatic heterocycles. The number of hydrogen-bond donors (Lipinski definition) is 2. The summed E-state index contributed by atoms with van der Waals surface area (Å²) >= 11 is 0. The number of esters is 2. The van der Waals surface area contributed by atoms with E-state index < -0.39 is 11.9 Å². The Hall–Kier alpha value is -3.02. The van der Waals surface area contributed by atoms with Gasteiger partial charge in [-0.05, 0) is 85.5 Å². The van der Waals surface area contributed by atoms with Crippen molar-refractivity contribution >= 4 is 11.9 Å². The van der Waals surface area contributed by atoms with E-state index in [1.165, 1.54) is 25.0 Å². The Kier molecular flexibility index (Phi) is 11.5. The van der Waals surface area contributed by atoms with Gasteiger partial charge in [-0.25, -0.2) is 9.59 Å². The molecule has 6 nitrogen and oxygen atoms in total. The van der Waals surface area contributed by atoms with Gasteiger partial charge in [0, 0.05) is 0 Å². The zero-order valence-corrected chi connectivity index (χ0v) is 25.0. The number of carbonyl (C=O) groups is 2. The normalized spacial score (nSPS) is 26.5. The van der Waals surface area contributed by atoms with Gasteiger partial charge in [-0.1, -0.05) is 78.6 Å². The predicted octanol–water partition coefficient (Wildman–Crippen LogP) is 8.02. The summed E-state index contributed by atoms with van der Waals surface area (Å²) in [5.74, 6) is 2.18. The number of aromatic hydroxyl groups is 2. The van der Waals surface area contributed by atoms with E-state index in [0.717, 1.165) is 25.7 Å². The zero-order chi connectivity index (χ0) is 29.4. The van der Waals surface area contributed by atoms with Crippen molar-refractivity contribution in [2.24, 2.45) is 35.5 Å². The molecule has 0 bridgehead atoms. The Morgan fingerprint density at radius 1 is 0.650 bits per heavy atom. The largest absolute Gasteiger partial charge is 0.507 e. The quantitative estimate of drug-likeness (QED) is 0.353. The van der Waals surface area contributed by atoms with Gasteiger partial charge in [-0.3, -0.25) is 0 Å². The molecule has 4 rings (SSSR count). The number of phenolic OH excluding ortho intramolecular Hbond substituents is 2. The van der Waals surface area contributed by atoms with Crippen LogP contribution in [0.5, 0.6) is 11.5 Å². The third-order valence-electron chi connectivity index (χ3n) is 8.69. The lowest BCUT2D eigenvalue weighted by molar-refractivity contribution is -0.0184. The number of benzene rings is 2. The SMILES string of the molecule is CC(C)[C@@H]1CC[C@@H](C)C[C@H]1OC(=O)c1ccccc1O.CC(C)[C@@H]1CC[C@@H](C)C[C@H]1OC(=O)c1ccccc1O. The van der Waals surface area contributed by atoms with Crippen LogP contribution in [0.4, 0.5) is 0 Å². The number of carbonyl (C=O) groups excluding carboxylic acids is 2. The van der Waals surface area contributed by atoms with Crippen molar-refractivity contribution in [2.75, 3.05) is 0 Å². The minimum absolute atomic E-state index is 0.0116. The van der Waals surface area contributed by atoms with Crippen LogP contribution in [-0.2, 0) is 9.47 Å². The topological polar surface area (TPSA) is 93.1 Å². The minimum atomic E-state index is -0.409. The van der Waals surface area contributed by atoms with Gasteiger partial charge >= 0.3 is 11.9 Å². The fraction of sp³-hybridized carbons (Fsp3) is 0.588. The van der Waals surface area contributed by atoms with Crippen LogP contribution in [0.3, 0.4) is 0 Å². The molecule has 2 aromatic rings. The third-order valence-corrected chi connectivity index (χ3v) is 8.69. The van der Waals surface area contributed by atoms with Crippen molar-refractivity contribution in [3.8, 4) is 11.5 Å². The lowest BCUT2D eigenvalue weighted by Crippen LogP contribution is -2.35. The first-order chi connectivity index (χ1) is 19.0. The third kappa shape index (κ3) is 8.49. The summed E-state index contributed by atoms with van der Waals surface area (Å²) in [6.07, 6.45) is 6.39. The summed E-state index contributed by atoms with van der Waals surface area (Å²) in [5.41, 5.74) is 0.515. The number of para-hydroxylation sites is 2. The molecule has 0 amide bonds. The Morgan fingerprint density at radius 2 is 1.00 bits per heavy atom. The predicted molar refractivity (Wildman–Crippen MR) is 157 cm³/mol. The highest BCUT2D eigenvalue weighted by molar-refractivity contribution is 5.93. The van der Waals surface area contributed by atoms with E-state index in [2.05, 4.69) is 41.5 Å². The van der Waals surface area contributed by atoms with E-state index in [-0.39, 0.29) is 34.8 Å². The van der Waals surface area contributed by atoms with Gasteiger partial charge in [-0.2, -0.15) is 0 Å². The molecular weight excluding hydrogens is 504 g/mol. The molecule has 220 valence electrons. The van der Waals surface area contributed by atoms with E-state index in [1.54, 1.807) is 36.4 Å². The van der Waals surface area contributed by atoms with E-state index in [9.17, 15) is 19.8 Å². The van der Waals surface area contributed by atoms with Crippen molar-refractivity contribution in [3.63, 3.8) is 0 Å². The lowest BCUT2D eigenvalue weighted by Gasteiger charge is -2.36. The molecule has 6 atom stereocenters. The number of phenols is 2. The number of rotatable bonds is 6. The molecule has 0 unspecified atom stereocenters. The fourth-order valence-corrected chi connectivity index (χ4v) is 6.19. The zero-order valence-electron chi connectivity index (χ0n) is 25.0. The van der Waals surface area contributed by atoms with Crippen molar-refractivity contribution in [2.45, 2.75) is 92.3 Å². The molecule has 6 heteroatoms. The monoisotopic (exact) mass is 552 g/mol. The highest BCUT2D eigenvalue weighted by atomic mass is 16.5. The second-order valence-corrected chi connectivity index (χ2v) is 12.6. The second-order valence-electron chi connectivity index (χ2n) is 12.6. The maximum Gasteiger partial charge on any atom is 0.342 e. The van der Waals surface area contributed by atoms with Gasteiger partial charge in [0.05, 0.1) is 0 Å². The Morgan fingerprint density at radius 3 is 1.32 bits per heavy atom. The van der Waals surface area contributed by atoms with Crippen molar-refractivity contribution in [3.05, 3.63) is 59.7 Å². The maximum atomic E-state index is 12.2. The van der Waals surface area contributed by atoms with Crippen LogP contribution in [0.2, 0.25) is 0 Å². The van der Waals surface area contributed by atoms with Gasteiger partial charge in [0.25, 0.3) is 0 Å². The number of hydrogen-bond acceptors (Lipinski definition) is 6. The molecule has 2 N–H and O–H groups in total. The van der Waals surface area contributed by atoms with Crippen LogP contribution in [-0.4, -0.2) is 34.4 Å². The molecule has 0 aromatic heterocycles. The Labute approximate surface area is 240 Å². The maximum absolute atomic E-state index is 12.2. The molecule has 0 heterocycles. The van der Waals surface area contributed by atoms with Gasteiger partial charge in [0.2, 0.25) is 0 Å². The highest BCUT2D eigenvalue weighted by Crippen LogP contribution is 2.37. The minimum Gasteiger partial charge on any atom is -0.507 e. The average molecular weight is 553 g/mol. The molecule has 40 heavy (non-hydrogen) atoms. The van der Waals surface area contributed by atoms with E-state index in [1.807, 2.05) is 0 Å².